The van der Waals surface area contributed by atoms with Crippen molar-refractivity contribution in [3.8, 4) is 11.8 Å². The lowest BCUT2D eigenvalue weighted by molar-refractivity contribution is 0.368. The minimum absolute atomic E-state index is 0.0578. The number of halogens is 2. The van der Waals surface area contributed by atoms with Crippen LogP contribution in [0.3, 0.4) is 0 Å². The predicted octanol–water partition coefficient (Wildman–Crippen LogP) is 4.62. The van der Waals surface area contributed by atoms with E-state index in [0.717, 1.165) is 15.7 Å². The van der Waals surface area contributed by atoms with E-state index in [0.29, 0.717) is 17.3 Å². The Hall–Kier alpha value is -1.70. The molecule has 2 aromatic rings. The minimum atomic E-state index is 0.0578. The molecule has 0 saturated carbocycles. The Balaban J connectivity index is 1.97. The normalized spacial score (nSPS) is 9.85. The van der Waals surface area contributed by atoms with E-state index in [9.17, 15) is 0 Å². The van der Waals surface area contributed by atoms with Gasteiger partial charge in [-0.05, 0) is 48.0 Å². The molecule has 20 heavy (non-hydrogen) atoms. The van der Waals surface area contributed by atoms with Crippen LogP contribution in [-0.2, 0) is 6.54 Å². The molecule has 5 heteroatoms. The van der Waals surface area contributed by atoms with Gasteiger partial charge in [0.2, 0.25) is 0 Å². The maximum Gasteiger partial charge on any atom is 0.174 e. The number of nitriles is 1. The second kappa shape index (κ2) is 7.18. The van der Waals surface area contributed by atoms with Crippen molar-refractivity contribution < 1.29 is 4.74 Å². The summed E-state index contributed by atoms with van der Waals surface area (Å²) < 4.78 is 6.21. The van der Waals surface area contributed by atoms with Crippen molar-refractivity contribution in [2.24, 2.45) is 0 Å². The van der Waals surface area contributed by atoms with Crippen molar-refractivity contribution in [3.05, 3.63) is 57.5 Å². The summed E-state index contributed by atoms with van der Waals surface area (Å²) in [5, 5.41) is 12.5. The standard InChI is InChI=1S/C15H12BrClN2O/c16-15-6-1-12(17)9-11(15)10-19-13-2-4-14(5-3-13)20-8-7-18/h1-6,9,19H,8,10H2. The third-order valence-corrected chi connectivity index (χ3v) is 3.66. The van der Waals surface area contributed by atoms with Crippen molar-refractivity contribution in [1.82, 2.24) is 0 Å². The number of hydrogen-bond acceptors (Lipinski definition) is 3. The fraction of sp³-hybridized carbons (Fsp3) is 0.133. The first-order chi connectivity index (χ1) is 9.69. The monoisotopic (exact) mass is 350 g/mol. The Labute approximate surface area is 131 Å². The molecular weight excluding hydrogens is 340 g/mol. The highest BCUT2D eigenvalue weighted by Gasteiger charge is 2.01. The van der Waals surface area contributed by atoms with E-state index >= 15 is 0 Å². The van der Waals surface area contributed by atoms with Crippen LogP contribution in [0.5, 0.6) is 5.75 Å². The van der Waals surface area contributed by atoms with Crippen molar-refractivity contribution in [3.63, 3.8) is 0 Å². The largest absolute Gasteiger partial charge is 0.479 e. The van der Waals surface area contributed by atoms with E-state index in [-0.39, 0.29) is 6.61 Å². The Morgan fingerprint density at radius 1 is 1.20 bits per heavy atom. The van der Waals surface area contributed by atoms with Gasteiger partial charge in [-0.3, -0.25) is 0 Å². The lowest BCUT2D eigenvalue weighted by Crippen LogP contribution is -2.00. The van der Waals surface area contributed by atoms with E-state index in [1.165, 1.54) is 0 Å². The van der Waals surface area contributed by atoms with E-state index in [1.807, 2.05) is 48.5 Å². The average molecular weight is 352 g/mol. The Kier molecular flexibility index (Phi) is 5.28. The van der Waals surface area contributed by atoms with Crippen LogP contribution in [0.25, 0.3) is 0 Å². The first-order valence-corrected chi connectivity index (χ1v) is 7.14. The summed E-state index contributed by atoms with van der Waals surface area (Å²) in [5.74, 6) is 0.682. The van der Waals surface area contributed by atoms with Crippen molar-refractivity contribution in [2.75, 3.05) is 11.9 Å². The molecule has 0 aliphatic carbocycles. The number of benzene rings is 2. The van der Waals surface area contributed by atoms with Crippen molar-refractivity contribution in [2.45, 2.75) is 6.54 Å². The summed E-state index contributed by atoms with van der Waals surface area (Å²) >= 11 is 9.47. The quantitative estimate of drug-likeness (QED) is 0.855. The van der Waals surface area contributed by atoms with Crippen LogP contribution >= 0.6 is 27.5 Å². The highest BCUT2D eigenvalue weighted by Crippen LogP contribution is 2.23. The number of nitrogens with zero attached hydrogens (tertiary/aromatic N) is 1. The molecule has 3 nitrogen and oxygen atoms in total. The number of hydrogen-bond donors (Lipinski definition) is 1. The van der Waals surface area contributed by atoms with Gasteiger partial charge < -0.3 is 10.1 Å². The van der Waals surface area contributed by atoms with E-state index in [2.05, 4.69) is 21.2 Å². The zero-order valence-corrected chi connectivity index (χ0v) is 12.9. The van der Waals surface area contributed by atoms with Gasteiger partial charge in [0.25, 0.3) is 0 Å². The molecule has 0 fully saturated rings. The molecule has 0 bridgehead atoms. The molecule has 0 unspecified atom stereocenters. The van der Waals surface area contributed by atoms with Crippen LogP contribution in [-0.4, -0.2) is 6.61 Å². The van der Waals surface area contributed by atoms with Gasteiger partial charge in [0.1, 0.15) is 11.8 Å². The van der Waals surface area contributed by atoms with Crippen molar-refractivity contribution in [1.29, 1.82) is 5.26 Å². The molecule has 0 heterocycles. The average Bonchev–Trinajstić information content (AvgIpc) is 2.47. The second-order valence-electron chi connectivity index (χ2n) is 4.06. The van der Waals surface area contributed by atoms with Crippen LogP contribution in [0.15, 0.2) is 46.9 Å². The second-order valence-corrected chi connectivity index (χ2v) is 5.35. The first kappa shape index (κ1) is 14.7. The molecule has 0 radical (unpaired) electrons. The van der Waals surface area contributed by atoms with Gasteiger partial charge in [-0.1, -0.05) is 27.5 Å². The summed E-state index contributed by atoms with van der Waals surface area (Å²) in [6, 6.07) is 15.1. The zero-order valence-electron chi connectivity index (χ0n) is 10.6. The molecule has 2 rings (SSSR count). The maximum atomic E-state index is 8.44. The predicted molar refractivity (Wildman–Crippen MR) is 84.0 cm³/mol. The topological polar surface area (TPSA) is 45.0 Å². The number of nitrogens with one attached hydrogen (secondary N) is 1. The van der Waals surface area contributed by atoms with Crippen LogP contribution < -0.4 is 10.1 Å². The third-order valence-electron chi connectivity index (χ3n) is 2.65. The molecule has 0 atom stereocenters. The fourth-order valence-electron chi connectivity index (χ4n) is 1.66. The third kappa shape index (κ3) is 4.16. The lowest BCUT2D eigenvalue weighted by Gasteiger charge is -2.09. The smallest absolute Gasteiger partial charge is 0.174 e. The Morgan fingerprint density at radius 2 is 1.95 bits per heavy atom. The van der Waals surface area contributed by atoms with E-state index < -0.39 is 0 Å². The summed E-state index contributed by atoms with van der Waals surface area (Å²) in [5.41, 5.74) is 2.06. The zero-order chi connectivity index (χ0) is 14.4. The highest BCUT2D eigenvalue weighted by molar-refractivity contribution is 9.10. The molecule has 0 spiro atoms. The Bertz CT molecular complexity index is 623. The van der Waals surface area contributed by atoms with Crippen LogP contribution in [0.4, 0.5) is 5.69 Å². The number of rotatable bonds is 5. The van der Waals surface area contributed by atoms with Crippen LogP contribution in [0, 0.1) is 11.3 Å². The number of ether oxygens (including phenoxy) is 1. The lowest BCUT2D eigenvalue weighted by atomic mass is 10.2. The molecule has 102 valence electrons. The highest BCUT2D eigenvalue weighted by atomic mass is 79.9. The molecule has 0 saturated heterocycles. The summed E-state index contributed by atoms with van der Waals surface area (Å²) in [6.07, 6.45) is 0. The summed E-state index contributed by atoms with van der Waals surface area (Å²) in [7, 11) is 0. The molecule has 2 aromatic carbocycles. The molecule has 0 aromatic heterocycles. The minimum Gasteiger partial charge on any atom is -0.479 e. The van der Waals surface area contributed by atoms with Gasteiger partial charge in [-0.2, -0.15) is 5.26 Å². The van der Waals surface area contributed by atoms with Gasteiger partial charge >= 0.3 is 0 Å². The van der Waals surface area contributed by atoms with Crippen LogP contribution in [0.2, 0.25) is 5.02 Å². The van der Waals surface area contributed by atoms with Crippen LogP contribution in [0.1, 0.15) is 5.56 Å². The van der Waals surface area contributed by atoms with Gasteiger partial charge in [0.15, 0.2) is 6.61 Å². The first-order valence-electron chi connectivity index (χ1n) is 5.96. The summed E-state index contributed by atoms with van der Waals surface area (Å²) in [6.45, 7) is 0.724. The van der Waals surface area contributed by atoms with Gasteiger partial charge in [-0.25, -0.2) is 0 Å². The van der Waals surface area contributed by atoms with Gasteiger partial charge in [0, 0.05) is 21.7 Å². The molecule has 0 aliphatic rings. The molecular formula is C15H12BrClN2O. The molecule has 1 N–H and O–H groups in total. The fourth-order valence-corrected chi connectivity index (χ4v) is 2.24. The maximum absolute atomic E-state index is 8.44. The number of anilines is 1. The van der Waals surface area contributed by atoms with Crippen molar-refractivity contribution >= 4 is 33.2 Å². The Morgan fingerprint density at radius 3 is 2.65 bits per heavy atom. The molecule has 0 amide bonds. The van der Waals surface area contributed by atoms with Gasteiger partial charge in [0.05, 0.1) is 0 Å². The summed E-state index contributed by atoms with van der Waals surface area (Å²) in [4.78, 5) is 0. The SMILES string of the molecule is N#CCOc1ccc(NCc2cc(Cl)ccc2Br)cc1. The van der Waals surface area contributed by atoms with E-state index in [4.69, 9.17) is 21.6 Å². The van der Waals surface area contributed by atoms with E-state index in [1.54, 1.807) is 0 Å². The van der Waals surface area contributed by atoms with Gasteiger partial charge in [-0.15, -0.1) is 0 Å². The molecule has 0 aliphatic heterocycles.